The molecule has 0 bridgehead atoms. The summed E-state index contributed by atoms with van der Waals surface area (Å²) < 4.78 is 11.2. The third-order valence-electron chi connectivity index (χ3n) is 3.09. The van der Waals surface area contributed by atoms with Gasteiger partial charge in [0.25, 0.3) is 0 Å². The average Bonchev–Trinajstić information content (AvgIpc) is 2.35. The van der Waals surface area contributed by atoms with Crippen LogP contribution in [-0.2, 0) is 4.74 Å². The van der Waals surface area contributed by atoms with Crippen LogP contribution in [0.4, 0.5) is 0 Å². The molecule has 2 atom stereocenters. The lowest BCUT2D eigenvalue weighted by Crippen LogP contribution is -2.19. The third kappa shape index (κ3) is 5.62. The van der Waals surface area contributed by atoms with Gasteiger partial charge in [0, 0.05) is 0 Å². The average molecular weight is 266 g/mol. The first-order valence-electron chi connectivity index (χ1n) is 6.96. The standard InChI is InChI=1S/C16H26O3/c1-11(2)13(5)18-10-16(17)14-6-8-15(9-7-14)19-12(3)4/h6-9,11-13,16-17H,10H2,1-5H3. The summed E-state index contributed by atoms with van der Waals surface area (Å²) in [6, 6.07) is 7.52. The Kier molecular flexibility index (Phi) is 6.32. The van der Waals surface area contributed by atoms with Crippen LogP contribution < -0.4 is 4.74 Å². The van der Waals surface area contributed by atoms with Crippen molar-refractivity contribution in [3.05, 3.63) is 29.8 Å². The Morgan fingerprint density at radius 1 is 1.00 bits per heavy atom. The highest BCUT2D eigenvalue weighted by atomic mass is 16.5. The minimum Gasteiger partial charge on any atom is -0.491 e. The second-order valence-corrected chi connectivity index (χ2v) is 5.53. The van der Waals surface area contributed by atoms with Gasteiger partial charge in [-0.15, -0.1) is 0 Å². The maximum Gasteiger partial charge on any atom is 0.119 e. The van der Waals surface area contributed by atoms with Crippen LogP contribution in [0.25, 0.3) is 0 Å². The van der Waals surface area contributed by atoms with E-state index in [1.165, 1.54) is 0 Å². The molecule has 2 unspecified atom stereocenters. The van der Waals surface area contributed by atoms with Gasteiger partial charge in [-0.25, -0.2) is 0 Å². The predicted molar refractivity (Wildman–Crippen MR) is 77.4 cm³/mol. The molecular weight excluding hydrogens is 240 g/mol. The van der Waals surface area contributed by atoms with E-state index in [1.54, 1.807) is 0 Å². The van der Waals surface area contributed by atoms with E-state index in [4.69, 9.17) is 9.47 Å². The van der Waals surface area contributed by atoms with Crippen molar-refractivity contribution in [2.45, 2.75) is 52.9 Å². The molecule has 19 heavy (non-hydrogen) atoms. The van der Waals surface area contributed by atoms with Gasteiger partial charge in [0.2, 0.25) is 0 Å². The van der Waals surface area contributed by atoms with Crippen LogP contribution in [-0.4, -0.2) is 23.9 Å². The molecule has 1 aromatic carbocycles. The quantitative estimate of drug-likeness (QED) is 0.820. The van der Waals surface area contributed by atoms with E-state index < -0.39 is 6.10 Å². The van der Waals surface area contributed by atoms with Crippen molar-refractivity contribution in [2.24, 2.45) is 5.92 Å². The Hall–Kier alpha value is -1.06. The molecule has 1 aromatic rings. The minimum atomic E-state index is -0.589. The highest BCUT2D eigenvalue weighted by Gasteiger charge is 2.12. The molecule has 3 heteroatoms. The smallest absolute Gasteiger partial charge is 0.119 e. The molecule has 0 amide bonds. The fraction of sp³-hybridized carbons (Fsp3) is 0.625. The molecular formula is C16H26O3. The van der Waals surface area contributed by atoms with Crippen LogP contribution in [0.2, 0.25) is 0 Å². The van der Waals surface area contributed by atoms with Crippen molar-refractivity contribution < 1.29 is 14.6 Å². The van der Waals surface area contributed by atoms with Gasteiger partial charge < -0.3 is 14.6 Å². The second kappa shape index (κ2) is 7.51. The number of ether oxygens (including phenoxy) is 2. The molecule has 0 saturated heterocycles. The van der Waals surface area contributed by atoms with E-state index in [0.29, 0.717) is 12.5 Å². The van der Waals surface area contributed by atoms with Gasteiger partial charge in [-0.1, -0.05) is 26.0 Å². The summed E-state index contributed by atoms with van der Waals surface area (Å²) in [5.41, 5.74) is 0.854. The maximum atomic E-state index is 10.1. The zero-order chi connectivity index (χ0) is 14.4. The molecule has 1 rings (SSSR count). The number of aliphatic hydroxyl groups is 1. The number of aliphatic hydroxyl groups excluding tert-OH is 1. The van der Waals surface area contributed by atoms with Crippen molar-refractivity contribution in [1.82, 2.24) is 0 Å². The van der Waals surface area contributed by atoms with E-state index in [0.717, 1.165) is 11.3 Å². The zero-order valence-corrected chi connectivity index (χ0v) is 12.6. The molecule has 0 saturated carbocycles. The van der Waals surface area contributed by atoms with Gasteiger partial charge in [0.05, 0.1) is 18.8 Å². The minimum absolute atomic E-state index is 0.151. The van der Waals surface area contributed by atoms with Gasteiger partial charge >= 0.3 is 0 Å². The van der Waals surface area contributed by atoms with Gasteiger partial charge in [0.1, 0.15) is 11.9 Å². The maximum absolute atomic E-state index is 10.1. The Balaban J connectivity index is 2.50. The summed E-state index contributed by atoms with van der Waals surface area (Å²) in [5.74, 6) is 1.27. The number of benzene rings is 1. The first-order valence-corrected chi connectivity index (χ1v) is 6.96. The van der Waals surface area contributed by atoms with Crippen molar-refractivity contribution in [3.63, 3.8) is 0 Å². The summed E-state index contributed by atoms with van der Waals surface area (Å²) in [6.07, 6.45) is -0.279. The first-order chi connectivity index (χ1) is 8.90. The Morgan fingerprint density at radius 2 is 1.58 bits per heavy atom. The molecule has 108 valence electrons. The normalized spacial score (nSPS) is 14.7. The predicted octanol–water partition coefficient (Wildman–Crippen LogP) is 3.57. The highest BCUT2D eigenvalue weighted by molar-refractivity contribution is 5.28. The largest absolute Gasteiger partial charge is 0.491 e. The lowest BCUT2D eigenvalue weighted by Gasteiger charge is -2.19. The molecule has 0 aliphatic heterocycles. The van der Waals surface area contributed by atoms with Gasteiger partial charge in [-0.3, -0.25) is 0 Å². The SMILES string of the molecule is CC(C)Oc1ccc(C(O)COC(C)C(C)C)cc1. The van der Waals surface area contributed by atoms with Crippen molar-refractivity contribution in [2.75, 3.05) is 6.61 Å². The van der Waals surface area contributed by atoms with Crippen LogP contribution in [0.3, 0.4) is 0 Å². The Bertz CT molecular complexity index is 357. The highest BCUT2D eigenvalue weighted by Crippen LogP contribution is 2.20. The zero-order valence-electron chi connectivity index (χ0n) is 12.6. The van der Waals surface area contributed by atoms with Gasteiger partial charge in [0.15, 0.2) is 0 Å². The molecule has 0 fully saturated rings. The van der Waals surface area contributed by atoms with E-state index in [2.05, 4.69) is 13.8 Å². The monoisotopic (exact) mass is 266 g/mol. The van der Waals surface area contributed by atoms with Crippen molar-refractivity contribution in [3.8, 4) is 5.75 Å². The summed E-state index contributed by atoms with van der Waals surface area (Å²) >= 11 is 0. The summed E-state index contributed by atoms with van der Waals surface area (Å²) in [5, 5.41) is 10.1. The van der Waals surface area contributed by atoms with E-state index >= 15 is 0 Å². The topological polar surface area (TPSA) is 38.7 Å². The Morgan fingerprint density at radius 3 is 2.05 bits per heavy atom. The van der Waals surface area contributed by atoms with Gasteiger partial charge in [-0.05, 0) is 44.4 Å². The fourth-order valence-electron chi connectivity index (χ4n) is 1.57. The van der Waals surface area contributed by atoms with Crippen LogP contribution >= 0.6 is 0 Å². The molecule has 0 aliphatic rings. The molecule has 3 nitrogen and oxygen atoms in total. The lowest BCUT2D eigenvalue weighted by atomic mass is 10.1. The third-order valence-corrected chi connectivity index (χ3v) is 3.09. The number of hydrogen-bond donors (Lipinski definition) is 1. The summed E-state index contributed by atoms with van der Waals surface area (Å²) in [4.78, 5) is 0. The van der Waals surface area contributed by atoms with Crippen molar-refractivity contribution >= 4 is 0 Å². The van der Waals surface area contributed by atoms with Crippen LogP contribution in [0, 0.1) is 5.92 Å². The number of hydrogen-bond acceptors (Lipinski definition) is 3. The molecule has 0 aliphatic carbocycles. The van der Waals surface area contributed by atoms with Crippen molar-refractivity contribution in [1.29, 1.82) is 0 Å². The van der Waals surface area contributed by atoms with Crippen LogP contribution in [0.5, 0.6) is 5.75 Å². The van der Waals surface area contributed by atoms with Crippen LogP contribution in [0.15, 0.2) is 24.3 Å². The van der Waals surface area contributed by atoms with E-state index in [-0.39, 0.29) is 12.2 Å². The molecule has 0 aromatic heterocycles. The van der Waals surface area contributed by atoms with E-state index in [9.17, 15) is 5.11 Å². The fourth-order valence-corrected chi connectivity index (χ4v) is 1.57. The lowest BCUT2D eigenvalue weighted by molar-refractivity contribution is -0.0206. The summed E-state index contributed by atoms with van der Waals surface area (Å²) in [6.45, 7) is 10.5. The summed E-state index contributed by atoms with van der Waals surface area (Å²) in [7, 11) is 0. The first kappa shape index (κ1) is 16.0. The van der Waals surface area contributed by atoms with Crippen LogP contribution in [0.1, 0.15) is 46.3 Å². The number of rotatable bonds is 7. The Labute approximate surface area is 116 Å². The van der Waals surface area contributed by atoms with Gasteiger partial charge in [-0.2, -0.15) is 0 Å². The molecule has 0 heterocycles. The molecule has 0 spiro atoms. The molecule has 1 N–H and O–H groups in total. The molecule has 0 radical (unpaired) electrons. The second-order valence-electron chi connectivity index (χ2n) is 5.53. The van der Waals surface area contributed by atoms with E-state index in [1.807, 2.05) is 45.0 Å².